The summed E-state index contributed by atoms with van der Waals surface area (Å²) in [5, 5.41) is 0. The van der Waals surface area contributed by atoms with Gasteiger partial charge in [0.1, 0.15) is 18.3 Å². The quantitative estimate of drug-likeness (QED) is 0.237. The molecule has 1 aliphatic heterocycles. The van der Waals surface area contributed by atoms with E-state index in [0.29, 0.717) is 33.0 Å². The summed E-state index contributed by atoms with van der Waals surface area (Å²) in [6.07, 6.45) is -2.09. The average molecular weight is 540 g/mol. The van der Waals surface area contributed by atoms with Gasteiger partial charge in [0.05, 0.1) is 39.1 Å². The van der Waals surface area contributed by atoms with Gasteiger partial charge in [0.15, 0.2) is 6.29 Å². The van der Waals surface area contributed by atoms with Crippen LogP contribution in [0, 0.1) is 0 Å². The minimum atomic E-state index is -0.692. The fourth-order valence-corrected chi connectivity index (χ4v) is 4.77. The zero-order valence-electron chi connectivity index (χ0n) is 22.6. The number of ether oxygens (including phenoxy) is 5. The summed E-state index contributed by atoms with van der Waals surface area (Å²) >= 11 is 0. The van der Waals surface area contributed by atoms with E-state index in [-0.39, 0.29) is 0 Å². The van der Waals surface area contributed by atoms with Crippen molar-refractivity contribution < 1.29 is 23.7 Å². The molecule has 1 heterocycles. The van der Waals surface area contributed by atoms with Gasteiger partial charge in [-0.25, -0.2) is 0 Å². The first kappa shape index (κ1) is 28.2. The Bertz CT molecular complexity index is 1200. The van der Waals surface area contributed by atoms with Crippen LogP contribution < -0.4 is 5.73 Å². The van der Waals surface area contributed by atoms with Crippen molar-refractivity contribution in [1.29, 1.82) is 0 Å². The average Bonchev–Trinajstić information content (AvgIpc) is 3.01. The van der Waals surface area contributed by atoms with Gasteiger partial charge in [-0.15, -0.1) is 0 Å². The van der Waals surface area contributed by atoms with Crippen molar-refractivity contribution in [3.05, 3.63) is 144 Å². The van der Waals surface area contributed by atoms with Crippen molar-refractivity contribution in [2.24, 2.45) is 5.73 Å². The van der Waals surface area contributed by atoms with E-state index in [2.05, 4.69) is 0 Å². The molecule has 5 rings (SSSR count). The van der Waals surface area contributed by atoms with Gasteiger partial charge in [0, 0.05) is 0 Å². The van der Waals surface area contributed by atoms with Gasteiger partial charge in [-0.1, -0.05) is 121 Å². The summed E-state index contributed by atoms with van der Waals surface area (Å²) < 4.78 is 31.8. The fourth-order valence-electron chi connectivity index (χ4n) is 4.77. The first-order valence-electron chi connectivity index (χ1n) is 13.8. The Balaban J connectivity index is 1.34. The van der Waals surface area contributed by atoms with Crippen LogP contribution in [-0.4, -0.2) is 37.3 Å². The lowest BCUT2D eigenvalue weighted by molar-refractivity contribution is -0.289. The van der Waals surface area contributed by atoms with E-state index in [1.165, 1.54) is 0 Å². The highest BCUT2D eigenvalue weighted by molar-refractivity contribution is 5.16. The van der Waals surface area contributed by atoms with Crippen LogP contribution in [0.25, 0.3) is 0 Å². The van der Waals surface area contributed by atoms with Crippen LogP contribution >= 0.6 is 0 Å². The predicted molar refractivity (Wildman–Crippen MR) is 154 cm³/mol. The molecule has 0 aromatic heterocycles. The second kappa shape index (κ2) is 14.9. The highest BCUT2D eigenvalue weighted by atomic mass is 16.7. The Labute approximate surface area is 236 Å². The molecule has 0 bridgehead atoms. The van der Waals surface area contributed by atoms with E-state index < -0.39 is 30.6 Å². The van der Waals surface area contributed by atoms with Gasteiger partial charge < -0.3 is 29.4 Å². The van der Waals surface area contributed by atoms with Crippen molar-refractivity contribution in [2.45, 2.75) is 57.1 Å². The molecule has 40 heavy (non-hydrogen) atoms. The Kier molecular flexibility index (Phi) is 10.5. The molecule has 0 saturated carbocycles. The molecule has 0 unspecified atom stereocenters. The van der Waals surface area contributed by atoms with Gasteiger partial charge in [-0.2, -0.15) is 0 Å². The summed E-state index contributed by atoms with van der Waals surface area (Å²) in [4.78, 5) is 0. The van der Waals surface area contributed by atoms with E-state index in [0.717, 1.165) is 22.3 Å². The SMILES string of the molecule is N[C@H]1[C@@H](OCc2ccccc2)O[C@H](COCc2ccccc2)[C@@H](OCc2ccccc2)[C@@H]1OCc1ccccc1. The summed E-state index contributed by atoms with van der Waals surface area (Å²) in [7, 11) is 0. The molecule has 2 N–H and O–H groups in total. The van der Waals surface area contributed by atoms with Gasteiger partial charge >= 0.3 is 0 Å². The maximum atomic E-state index is 6.80. The smallest absolute Gasteiger partial charge is 0.176 e. The molecule has 0 radical (unpaired) electrons. The van der Waals surface area contributed by atoms with E-state index in [4.69, 9.17) is 29.4 Å². The third-order valence-electron chi connectivity index (χ3n) is 6.91. The summed E-state index contributed by atoms with van der Waals surface area (Å²) in [6, 6.07) is 39.6. The third-order valence-corrected chi connectivity index (χ3v) is 6.91. The topological polar surface area (TPSA) is 72.2 Å². The normalized spacial score (nSPS) is 22.7. The van der Waals surface area contributed by atoms with Gasteiger partial charge in [0.2, 0.25) is 0 Å². The fraction of sp³-hybridized carbons (Fsp3) is 0.294. The molecule has 1 fully saturated rings. The second-order valence-corrected chi connectivity index (χ2v) is 9.94. The Morgan fingerprint density at radius 2 is 0.900 bits per heavy atom. The lowest BCUT2D eigenvalue weighted by Crippen LogP contribution is -2.64. The summed E-state index contributed by atoms with van der Waals surface area (Å²) in [5.74, 6) is 0. The van der Waals surface area contributed by atoms with E-state index in [9.17, 15) is 0 Å². The number of hydrogen-bond acceptors (Lipinski definition) is 6. The maximum absolute atomic E-state index is 6.80. The molecule has 4 aromatic rings. The highest BCUT2D eigenvalue weighted by Gasteiger charge is 2.46. The number of rotatable bonds is 13. The molecule has 4 aromatic carbocycles. The molecule has 0 amide bonds. The molecule has 0 aliphatic carbocycles. The highest BCUT2D eigenvalue weighted by Crippen LogP contribution is 2.28. The van der Waals surface area contributed by atoms with Crippen LogP contribution in [0.3, 0.4) is 0 Å². The van der Waals surface area contributed by atoms with Gasteiger partial charge in [-0.3, -0.25) is 0 Å². The molecule has 0 spiro atoms. The van der Waals surface area contributed by atoms with E-state index >= 15 is 0 Å². The van der Waals surface area contributed by atoms with Crippen molar-refractivity contribution in [3.8, 4) is 0 Å². The van der Waals surface area contributed by atoms with Crippen LogP contribution in [0.4, 0.5) is 0 Å². The van der Waals surface area contributed by atoms with Crippen LogP contribution in [0.15, 0.2) is 121 Å². The second-order valence-electron chi connectivity index (χ2n) is 9.94. The molecule has 1 saturated heterocycles. The maximum Gasteiger partial charge on any atom is 0.176 e. The molecule has 1 aliphatic rings. The third kappa shape index (κ3) is 8.08. The van der Waals surface area contributed by atoms with Crippen molar-refractivity contribution >= 4 is 0 Å². The number of benzene rings is 4. The summed E-state index contributed by atoms with van der Waals surface area (Å²) in [5.41, 5.74) is 11.0. The zero-order chi connectivity index (χ0) is 27.4. The Morgan fingerprint density at radius 3 is 1.38 bits per heavy atom. The minimum absolute atomic E-state index is 0.303. The lowest BCUT2D eigenvalue weighted by atomic mass is 9.96. The molecule has 5 atom stereocenters. The standard InChI is InChI=1S/C34H37NO5/c35-31-33(38-23-28-17-9-3-10-18-28)32(37-22-27-15-7-2-8-16-27)30(25-36-21-26-13-5-1-6-14-26)40-34(31)39-24-29-19-11-4-12-20-29/h1-20,30-34H,21-25,35H2/t30-,31-,32-,33-,34+/m1/s1. The van der Waals surface area contributed by atoms with Crippen LogP contribution in [0.2, 0.25) is 0 Å². The largest absolute Gasteiger partial charge is 0.374 e. The van der Waals surface area contributed by atoms with Crippen LogP contribution in [0.1, 0.15) is 22.3 Å². The Hall–Kier alpha value is -3.36. The van der Waals surface area contributed by atoms with Crippen molar-refractivity contribution in [1.82, 2.24) is 0 Å². The molecule has 208 valence electrons. The van der Waals surface area contributed by atoms with E-state index in [1.54, 1.807) is 0 Å². The lowest BCUT2D eigenvalue weighted by Gasteiger charge is -2.44. The van der Waals surface area contributed by atoms with Crippen LogP contribution in [-0.2, 0) is 50.1 Å². The minimum Gasteiger partial charge on any atom is -0.374 e. The monoisotopic (exact) mass is 539 g/mol. The number of nitrogens with two attached hydrogens (primary N) is 1. The molecular formula is C34H37NO5. The van der Waals surface area contributed by atoms with Gasteiger partial charge in [-0.05, 0) is 22.3 Å². The first-order valence-corrected chi connectivity index (χ1v) is 13.8. The van der Waals surface area contributed by atoms with Crippen molar-refractivity contribution in [2.75, 3.05) is 6.61 Å². The first-order chi connectivity index (χ1) is 19.8. The molecular weight excluding hydrogens is 502 g/mol. The Morgan fingerprint density at radius 1 is 0.500 bits per heavy atom. The van der Waals surface area contributed by atoms with Crippen molar-refractivity contribution in [3.63, 3.8) is 0 Å². The zero-order valence-corrected chi connectivity index (χ0v) is 22.6. The predicted octanol–water partition coefficient (Wildman–Crippen LogP) is 5.64. The van der Waals surface area contributed by atoms with Crippen LogP contribution in [0.5, 0.6) is 0 Å². The molecule has 6 nitrogen and oxygen atoms in total. The number of hydrogen-bond donors (Lipinski definition) is 1. The van der Waals surface area contributed by atoms with E-state index in [1.807, 2.05) is 121 Å². The van der Waals surface area contributed by atoms with Gasteiger partial charge in [0.25, 0.3) is 0 Å². The summed E-state index contributed by atoms with van der Waals surface area (Å²) in [6.45, 7) is 1.93. The molecule has 6 heteroatoms.